The second-order valence-electron chi connectivity index (χ2n) is 5.50. The van der Waals surface area contributed by atoms with Gasteiger partial charge >= 0.3 is 0 Å². The lowest BCUT2D eigenvalue weighted by molar-refractivity contribution is 0.127. The molecule has 0 amide bonds. The van der Waals surface area contributed by atoms with Crippen LogP contribution in [0.25, 0.3) is 0 Å². The number of piperidine rings is 1. The average Bonchev–Trinajstić information content (AvgIpc) is 2.49. The van der Waals surface area contributed by atoms with Gasteiger partial charge in [-0.05, 0) is 57.2 Å². The van der Waals surface area contributed by atoms with Crippen molar-refractivity contribution >= 4 is 11.6 Å². The molecule has 0 bridgehead atoms. The van der Waals surface area contributed by atoms with E-state index in [2.05, 4.69) is 29.8 Å². The third-order valence-corrected chi connectivity index (χ3v) is 4.58. The van der Waals surface area contributed by atoms with Crippen molar-refractivity contribution in [1.82, 2.24) is 9.80 Å². The Morgan fingerprint density at radius 3 is 2.65 bits per heavy atom. The van der Waals surface area contributed by atoms with Gasteiger partial charge < -0.3 is 4.90 Å². The molecule has 1 fully saturated rings. The molecule has 1 aliphatic heterocycles. The Balaban J connectivity index is 1.95. The number of benzene rings is 1. The summed E-state index contributed by atoms with van der Waals surface area (Å²) in [4.78, 5) is 4.89. The van der Waals surface area contributed by atoms with Crippen LogP contribution in [0.5, 0.6) is 0 Å². The summed E-state index contributed by atoms with van der Waals surface area (Å²) in [5.41, 5.74) is 1.73. The number of hydrogen-bond acceptors (Lipinski definition) is 3. The van der Waals surface area contributed by atoms with Crippen molar-refractivity contribution in [2.45, 2.75) is 32.4 Å². The van der Waals surface area contributed by atoms with Crippen LogP contribution in [0, 0.1) is 11.3 Å². The summed E-state index contributed by atoms with van der Waals surface area (Å²) in [7, 11) is 2.17. The number of hydrogen-bond donors (Lipinski definition) is 0. The Hall–Kier alpha value is -1.08. The molecule has 1 heterocycles. The van der Waals surface area contributed by atoms with Crippen LogP contribution < -0.4 is 0 Å². The van der Waals surface area contributed by atoms with Gasteiger partial charge in [0.2, 0.25) is 0 Å². The van der Waals surface area contributed by atoms with Crippen LogP contribution in [0.4, 0.5) is 0 Å². The van der Waals surface area contributed by atoms with Gasteiger partial charge in [0.05, 0.1) is 11.6 Å². The standard InChI is InChI=1S/C16H22ClN3/c1-3-20-8-6-15(7-9-20)19(2)12-14-5-4-13(11-18)10-16(14)17/h4-5,10,15H,3,6-9,12H2,1-2H3. The Labute approximate surface area is 126 Å². The molecule has 1 aromatic rings. The third kappa shape index (κ3) is 3.73. The van der Waals surface area contributed by atoms with E-state index in [0.717, 1.165) is 18.7 Å². The molecule has 108 valence electrons. The first kappa shape index (κ1) is 15.3. The molecule has 0 aromatic heterocycles. The molecule has 20 heavy (non-hydrogen) atoms. The molecule has 0 unspecified atom stereocenters. The molecule has 0 spiro atoms. The first-order valence-electron chi connectivity index (χ1n) is 7.25. The molecular formula is C16H22ClN3. The fourth-order valence-electron chi connectivity index (χ4n) is 2.82. The molecule has 2 rings (SSSR count). The predicted molar refractivity (Wildman–Crippen MR) is 82.8 cm³/mol. The topological polar surface area (TPSA) is 30.3 Å². The molecular weight excluding hydrogens is 270 g/mol. The Kier molecular flexibility index (Phi) is 5.42. The summed E-state index contributed by atoms with van der Waals surface area (Å²) in [5.74, 6) is 0. The van der Waals surface area contributed by atoms with Crippen LogP contribution in [0.2, 0.25) is 5.02 Å². The van der Waals surface area contributed by atoms with Gasteiger partial charge in [0, 0.05) is 17.6 Å². The number of halogens is 1. The summed E-state index contributed by atoms with van der Waals surface area (Å²) < 4.78 is 0. The van der Waals surface area contributed by atoms with Crippen LogP contribution in [0.1, 0.15) is 30.9 Å². The number of nitriles is 1. The van der Waals surface area contributed by atoms with Gasteiger partial charge in [-0.1, -0.05) is 24.6 Å². The van der Waals surface area contributed by atoms with E-state index >= 15 is 0 Å². The van der Waals surface area contributed by atoms with Crippen LogP contribution in [-0.2, 0) is 6.54 Å². The summed E-state index contributed by atoms with van der Waals surface area (Å²) in [6.45, 7) is 6.60. The molecule has 1 aromatic carbocycles. The maximum Gasteiger partial charge on any atom is 0.0992 e. The maximum absolute atomic E-state index is 8.86. The van der Waals surface area contributed by atoms with Crippen molar-refractivity contribution in [3.8, 4) is 6.07 Å². The first-order chi connectivity index (χ1) is 9.63. The number of rotatable bonds is 4. The van der Waals surface area contributed by atoms with E-state index in [4.69, 9.17) is 16.9 Å². The van der Waals surface area contributed by atoms with Crippen LogP contribution in [0.3, 0.4) is 0 Å². The monoisotopic (exact) mass is 291 g/mol. The summed E-state index contributed by atoms with van der Waals surface area (Å²) >= 11 is 6.25. The molecule has 0 radical (unpaired) electrons. The lowest BCUT2D eigenvalue weighted by Crippen LogP contribution is -2.42. The van der Waals surface area contributed by atoms with Gasteiger partial charge in [-0.25, -0.2) is 0 Å². The summed E-state index contributed by atoms with van der Waals surface area (Å²) in [6.07, 6.45) is 2.44. The van der Waals surface area contributed by atoms with Gasteiger partial charge in [0.15, 0.2) is 0 Å². The van der Waals surface area contributed by atoms with Crippen molar-refractivity contribution < 1.29 is 0 Å². The largest absolute Gasteiger partial charge is 0.303 e. The van der Waals surface area contributed by atoms with Gasteiger partial charge in [-0.2, -0.15) is 5.26 Å². The van der Waals surface area contributed by atoms with E-state index in [-0.39, 0.29) is 0 Å². The fourth-order valence-corrected chi connectivity index (χ4v) is 3.06. The zero-order valence-electron chi connectivity index (χ0n) is 12.3. The smallest absolute Gasteiger partial charge is 0.0992 e. The van der Waals surface area contributed by atoms with E-state index < -0.39 is 0 Å². The highest BCUT2D eigenvalue weighted by Crippen LogP contribution is 2.22. The van der Waals surface area contributed by atoms with Crippen LogP contribution in [0.15, 0.2) is 18.2 Å². The lowest BCUT2D eigenvalue weighted by atomic mass is 10.0. The quantitative estimate of drug-likeness (QED) is 0.854. The second-order valence-corrected chi connectivity index (χ2v) is 5.91. The molecule has 0 saturated carbocycles. The normalized spacial score (nSPS) is 17.4. The number of nitrogens with zero attached hydrogens (tertiary/aromatic N) is 3. The average molecular weight is 292 g/mol. The second kappa shape index (κ2) is 7.08. The van der Waals surface area contributed by atoms with Crippen molar-refractivity contribution in [2.24, 2.45) is 0 Å². The predicted octanol–water partition coefficient (Wildman–Crippen LogP) is 3.13. The van der Waals surface area contributed by atoms with Gasteiger partial charge in [0.25, 0.3) is 0 Å². The van der Waals surface area contributed by atoms with E-state index in [9.17, 15) is 0 Å². The molecule has 0 N–H and O–H groups in total. The fraction of sp³-hybridized carbons (Fsp3) is 0.562. The van der Waals surface area contributed by atoms with Gasteiger partial charge in [0.1, 0.15) is 0 Å². The van der Waals surface area contributed by atoms with Gasteiger partial charge in [-0.3, -0.25) is 4.90 Å². The molecule has 1 saturated heterocycles. The summed E-state index contributed by atoms with van der Waals surface area (Å²) in [6, 6.07) is 8.32. The zero-order valence-corrected chi connectivity index (χ0v) is 13.0. The third-order valence-electron chi connectivity index (χ3n) is 4.23. The van der Waals surface area contributed by atoms with Crippen molar-refractivity contribution in [1.29, 1.82) is 5.26 Å². The Morgan fingerprint density at radius 2 is 2.10 bits per heavy atom. The van der Waals surface area contributed by atoms with E-state index in [1.54, 1.807) is 6.07 Å². The Morgan fingerprint density at radius 1 is 1.40 bits per heavy atom. The minimum absolute atomic E-state index is 0.623. The zero-order chi connectivity index (χ0) is 14.5. The first-order valence-corrected chi connectivity index (χ1v) is 7.63. The van der Waals surface area contributed by atoms with Crippen molar-refractivity contribution in [3.63, 3.8) is 0 Å². The van der Waals surface area contributed by atoms with Crippen LogP contribution in [-0.4, -0.2) is 42.5 Å². The molecule has 0 atom stereocenters. The summed E-state index contributed by atoms with van der Waals surface area (Å²) in [5, 5.41) is 9.56. The minimum atomic E-state index is 0.623. The van der Waals surface area contributed by atoms with Gasteiger partial charge in [-0.15, -0.1) is 0 Å². The minimum Gasteiger partial charge on any atom is -0.303 e. The van der Waals surface area contributed by atoms with Crippen LogP contribution >= 0.6 is 11.6 Å². The number of likely N-dealkylation sites (tertiary alicyclic amines) is 1. The highest BCUT2D eigenvalue weighted by Gasteiger charge is 2.21. The molecule has 4 heteroatoms. The highest BCUT2D eigenvalue weighted by atomic mass is 35.5. The van der Waals surface area contributed by atoms with E-state index in [0.29, 0.717) is 16.6 Å². The molecule has 0 aliphatic carbocycles. The van der Waals surface area contributed by atoms with E-state index in [1.807, 2.05) is 12.1 Å². The Bertz CT molecular complexity index is 487. The highest BCUT2D eigenvalue weighted by molar-refractivity contribution is 6.31. The SMILES string of the molecule is CCN1CCC(N(C)Cc2ccc(C#N)cc2Cl)CC1. The van der Waals surface area contributed by atoms with Crippen molar-refractivity contribution in [3.05, 3.63) is 34.3 Å². The maximum atomic E-state index is 8.86. The van der Waals surface area contributed by atoms with Crippen molar-refractivity contribution in [2.75, 3.05) is 26.7 Å². The molecule has 3 nitrogen and oxygen atoms in total. The molecule has 1 aliphatic rings. The van der Waals surface area contributed by atoms with E-state index in [1.165, 1.54) is 25.9 Å². The lowest BCUT2D eigenvalue weighted by Gasteiger charge is -2.36.